The van der Waals surface area contributed by atoms with Gasteiger partial charge >= 0.3 is 0 Å². The molecule has 6 heteroatoms. The van der Waals surface area contributed by atoms with E-state index in [1.807, 2.05) is 0 Å². The van der Waals surface area contributed by atoms with Crippen molar-refractivity contribution in [2.75, 3.05) is 45.4 Å². The molecule has 0 aliphatic rings. The Kier molecular flexibility index (Phi) is 7.59. The quantitative estimate of drug-likeness (QED) is 0.709. The molecule has 0 aliphatic carbocycles. The van der Waals surface area contributed by atoms with E-state index >= 15 is 0 Å². The van der Waals surface area contributed by atoms with Gasteiger partial charge in [0.1, 0.15) is 0 Å². The van der Waals surface area contributed by atoms with Crippen molar-refractivity contribution in [3.8, 4) is 0 Å². The first kappa shape index (κ1) is 18.4. The van der Waals surface area contributed by atoms with Gasteiger partial charge in [0.05, 0.1) is 12.3 Å². The minimum absolute atomic E-state index is 0.0168. The van der Waals surface area contributed by atoms with Gasteiger partial charge in [-0.3, -0.25) is 0 Å². The summed E-state index contributed by atoms with van der Waals surface area (Å²) >= 11 is 1.70. The number of hydrogen-bond donors (Lipinski definition) is 1. The topological polar surface area (TPSA) is 60.6 Å². The molecule has 1 rings (SSSR count). The van der Waals surface area contributed by atoms with Crippen molar-refractivity contribution >= 4 is 16.5 Å². The van der Waals surface area contributed by atoms with Crippen LogP contribution in [-0.2, 0) is 21.4 Å². The van der Waals surface area contributed by atoms with Gasteiger partial charge in [0.2, 0.25) is 0 Å². The lowest BCUT2D eigenvalue weighted by molar-refractivity contribution is 0.191. The van der Waals surface area contributed by atoms with Crippen LogP contribution in [0.2, 0.25) is 0 Å². The summed E-state index contributed by atoms with van der Waals surface area (Å²) in [5, 5.41) is 1.04. The van der Waals surface area contributed by atoms with Crippen LogP contribution in [0.15, 0.2) is 0 Å². The molecular formula is C15H29N3O2S. The maximum absolute atomic E-state index is 5.89. The molecule has 21 heavy (non-hydrogen) atoms. The van der Waals surface area contributed by atoms with E-state index in [0.29, 0.717) is 13.2 Å². The van der Waals surface area contributed by atoms with Crippen LogP contribution in [0.4, 0.5) is 5.13 Å². The number of nitrogens with zero attached hydrogens (tertiary/aromatic N) is 2. The molecule has 2 N–H and O–H groups in total. The highest BCUT2D eigenvalue weighted by molar-refractivity contribution is 7.15. The zero-order valence-electron chi connectivity index (χ0n) is 13.9. The first-order valence-corrected chi connectivity index (χ1v) is 8.18. The normalized spacial score (nSPS) is 11.9. The largest absolute Gasteiger partial charge is 0.385 e. The predicted molar refractivity (Wildman–Crippen MR) is 89.3 cm³/mol. The Morgan fingerprint density at radius 1 is 1.14 bits per heavy atom. The summed E-state index contributed by atoms with van der Waals surface area (Å²) < 4.78 is 10.4. The minimum Gasteiger partial charge on any atom is -0.385 e. The number of aromatic nitrogens is 1. The Balaban J connectivity index is 2.92. The molecule has 122 valence electrons. The standard InChI is InChI=1S/C15H29N3O2S/c1-15(2,3)13-12(11-16)21-14(17-13)18(8-10-20-5)7-6-9-19-4/h6-11,16H2,1-5H3. The number of hydrogen-bond acceptors (Lipinski definition) is 6. The number of methoxy groups -OCH3 is 2. The molecular weight excluding hydrogens is 286 g/mol. The van der Waals surface area contributed by atoms with E-state index < -0.39 is 0 Å². The van der Waals surface area contributed by atoms with Gasteiger partial charge in [-0.05, 0) is 6.42 Å². The van der Waals surface area contributed by atoms with E-state index in [1.165, 1.54) is 4.88 Å². The third kappa shape index (κ3) is 5.54. The van der Waals surface area contributed by atoms with E-state index in [2.05, 4.69) is 25.7 Å². The van der Waals surface area contributed by atoms with Gasteiger partial charge in [-0.25, -0.2) is 4.98 Å². The molecule has 0 aliphatic heterocycles. The van der Waals surface area contributed by atoms with E-state index in [1.54, 1.807) is 25.6 Å². The van der Waals surface area contributed by atoms with Crippen LogP contribution in [0, 0.1) is 0 Å². The Morgan fingerprint density at radius 2 is 1.81 bits per heavy atom. The molecule has 0 unspecified atom stereocenters. The lowest BCUT2D eigenvalue weighted by Crippen LogP contribution is -2.29. The first-order valence-electron chi connectivity index (χ1n) is 7.37. The fourth-order valence-electron chi connectivity index (χ4n) is 2.10. The van der Waals surface area contributed by atoms with Crippen molar-refractivity contribution in [1.29, 1.82) is 0 Å². The van der Waals surface area contributed by atoms with Crippen LogP contribution in [-0.4, -0.2) is 45.5 Å². The third-order valence-corrected chi connectivity index (χ3v) is 4.33. The van der Waals surface area contributed by atoms with Gasteiger partial charge in [0.15, 0.2) is 5.13 Å². The van der Waals surface area contributed by atoms with E-state index in [-0.39, 0.29) is 5.41 Å². The van der Waals surface area contributed by atoms with E-state index in [4.69, 9.17) is 20.2 Å². The molecule has 0 saturated heterocycles. The highest BCUT2D eigenvalue weighted by Crippen LogP contribution is 2.33. The Labute approximate surface area is 132 Å². The van der Waals surface area contributed by atoms with Gasteiger partial charge in [0, 0.05) is 50.8 Å². The van der Waals surface area contributed by atoms with Gasteiger partial charge in [-0.15, -0.1) is 11.3 Å². The van der Waals surface area contributed by atoms with Gasteiger partial charge in [-0.1, -0.05) is 20.8 Å². The van der Waals surface area contributed by atoms with Crippen molar-refractivity contribution in [2.24, 2.45) is 5.73 Å². The number of ether oxygens (including phenoxy) is 2. The van der Waals surface area contributed by atoms with Crippen LogP contribution >= 0.6 is 11.3 Å². The zero-order valence-corrected chi connectivity index (χ0v) is 14.8. The predicted octanol–water partition coefficient (Wildman–Crippen LogP) is 2.39. The molecule has 0 saturated carbocycles. The molecule has 1 heterocycles. The summed E-state index contributed by atoms with van der Waals surface area (Å²) in [5.41, 5.74) is 7.02. The lowest BCUT2D eigenvalue weighted by atomic mass is 9.91. The van der Waals surface area contributed by atoms with Crippen LogP contribution < -0.4 is 10.6 Å². The summed E-state index contributed by atoms with van der Waals surface area (Å²) in [4.78, 5) is 8.29. The van der Waals surface area contributed by atoms with E-state index in [9.17, 15) is 0 Å². The monoisotopic (exact) mass is 315 g/mol. The molecule has 1 aromatic heterocycles. The minimum atomic E-state index is 0.0168. The summed E-state index contributed by atoms with van der Waals surface area (Å²) in [6, 6.07) is 0. The maximum Gasteiger partial charge on any atom is 0.185 e. The summed E-state index contributed by atoms with van der Waals surface area (Å²) in [6.45, 7) is 10.3. The molecule has 0 fully saturated rings. The highest BCUT2D eigenvalue weighted by atomic mass is 32.1. The third-order valence-electron chi connectivity index (χ3n) is 3.19. The van der Waals surface area contributed by atoms with Crippen molar-refractivity contribution < 1.29 is 9.47 Å². The average Bonchev–Trinajstić information content (AvgIpc) is 2.87. The van der Waals surface area contributed by atoms with Crippen LogP contribution in [0.5, 0.6) is 0 Å². The Bertz CT molecular complexity index is 416. The summed E-state index contributed by atoms with van der Waals surface area (Å²) in [5.74, 6) is 0. The van der Waals surface area contributed by atoms with Crippen molar-refractivity contribution in [3.63, 3.8) is 0 Å². The molecule has 0 spiro atoms. The molecule has 0 bridgehead atoms. The zero-order chi connectivity index (χ0) is 15.9. The van der Waals surface area contributed by atoms with Gasteiger partial charge < -0.3 is 20.1 Å². The Morgan fingerprint density at radius 3 is 2.29 bits per heavy atom. The number of rotatable bonds is 9. The van der Waals surface area contributed by atoms with Gasteiger partial charge in [0.25, 0.3) is 0 Å². The van der Waals surface area contributed by atoms with Crippen molar-refractivity contribution in [2.45, 2.75) is 39.2 Å². The molecule has 1 aromatic rings. The maximum atomic E-state index is 5.89. The average molecular weight is 315 g/mol. The SMILES string of the molecule is COCCCN(CCOC)c1nc(C(C)(C)C)c(CN)s1. The molecule has 0 atom stereocenters. The van der Waals surface area contributed by atoms with Crippen LogP contribution in [0.3, 0.4) is 0 Å². The molecule has 0 amide bonds. The molecule has 0 aromatic carbocycles. The lowest BCUT2D eigenvalue weighted by Gasteiger charge is -2.22. The number of anilines is 1. The Hall–Kier alpha value is -0.690. The fraction of sp³-hybridized carbons (Fsp3) is 0.800. The summed E-state index contributed by atoms with van der Waals surface area (Å²) in [6.07, 6.45) is 0.975. The number of nitrogens with two attached hydrogens (primary N) is 1. The van der Waals surface area contributed by atoms with Crippen molar-refractivity contribution in [1.82, 2.24) is 4.98 Å². The van der Waals surface area contributed by atoms with E-state index in [0.717, 1.165) is 36.9 Å². The van der Waals surface area contributed by atoms with Crippen molar-refractivity contribution in [3.05, 3.63) is 10.6 Å². The van der Waals surface area contributed by atoms with Gasteiger partial charge in [-0.2, -0.15) is 0 Å². The highest BCUT2D eigenvalue weighted by Gasteiger charge is 2.24. The van der Waals surface area contributed by atoms with Crippen LogP contribution in [0.25, 0.3) is 0 Å². The van der Waals surface area contributed by atoms with Crippen LogP contribution in [0.1, 0.15) is 37.8 Å². The second kappa shape index (κ2) is 8.68. The number of thiazole rings is 1. The first-order chi connectivity index (χ1) is 9.93. The molecule has 0 radical (unpaired) electrons. The smallest absolute Gasteiger partial charge is 0.185 e. The second-order valence-electron chi connectivity index (χ2n) is 6.05. The second-order valence-corrected chi connectivity index (χ2v) is 7.11. The summed E-state index contributed by atoms with van der Waals surface area (Å²) in [7, 11) is 3.45. The fourth-order valence-corrected chi connectivity index (χ4v) is 3.30. The molecule has 5 nitrogen and oxygen atoms in total.